The van der Waals surface area contributed by atoms with E-state index in [1.54, 1.807) is 6.92 Å². The van der Waals surface area contributed by atoms with E-state index in [4.69, 9.17) is 5.11 Å². The third kappa shape index (κ3) is 2.99. The fourth-order valence-corrected chi connectivity index (χ4v) is 1.56. The van der Waals surface area contributed by atoms with Crippen molar-refractivity contribution in [1.82, 2.24) is 0 Å². The van der Waals surface area contributed by atoms with Gasteiger partial charge in [0.2, 0.25) is 0 Å². The maximum absolute atomic E-state index is 10.8. The summed E-state index contributed by atoms with van der Waals surface area (Å²) >= 11 is 0. The molecular formula is C13H19NO2. The van der Waals surface area contributed by atoms with Crippen molar-refractivity contribution in [3.63, 3.8) is 0 Å². The van der Waals surface area contributed by atoms with Crippen LogP contribution in [0.5, 0.6) is 0 Å². The van der Waals surface area contributed by atoms with Crippen molar-refractivity contribution in [3.05, 3.63) is 29.3 Å². The molecule has 0 heterocycles. The Kier molecular flexibility index (Phi) is 3.93. The van der Waals surface area contributed by atoms with Crippen molar-refractivity contribution >= 4 is 11.7 Å². The molecule has 0 fully saturated rings. The van der Waals surface area contributed by atoms with E-state index in [0.717, 1.165) is 11.3 Å². The Morgan fingerprint density at radius 1 is 1.31 bits per heavy atom. The second kappa shape index (κ2) is 5.01. The van der Waals surface area contributed by atoms with Crippen LogP contribution in [0.25, 0.3) is 0 Å². The van der Waals surface area contributed by atoms with Crippen LogP contribution < -0.4 is 5.32 Å². The van der Waals surface area contributed by atoms with Gasteiger partial charge in [-0.2, -0.15) is 0 Å². The first-order valence-electron chi connectivity index (χ1n) is 5.48. The lowest BCUT2D eigenvalue weighted by atomic mass is 10.0. The highest BCUT2D eigenvalue weighted by Crippen LogP contribution is 2.19. The monoisotopic (exact) mass is 221 g/mol. The first-order chi connectivity index (χ1) is 7.41. The van der Waals surface area contributed by atoms with Gasteiger partial charge >= 0.3 is 5.97 Å². The quantitative estimate of drug-likeness (QED) is 0.822. The van der Waals surface area contributed by atoms with Gasteiger partial charge in [-0.3, -0.25) is 4.79 Å². The van der Waals surface area contributed by atoms with Gasteiger partial charge in [0.15, 0.2) is 0 Å². The third-order valence-electron chi connectivity index (χ3n) is 2.90. The van der Waals surface area contributed by atoms with E-state index in [1.807, 2.05) is 32.9 Å². The Morgan fingerprint density at radius 2 is 1.94 bits per heavy atom. The van der Waals surface area contributed by atoms with Gasteiger partial charge in [-0.15, -0.1) is 0 Å². The van der Waals surface area contributed by atoms with E-state index >= 15 is 0 Å². The van der Waals surface area contributed by atoms with Gasteiger partial charge in [0, 0.05) is 11.7 Å². The lowest BCUT2D eigenvalue weighted by Gasteiger charge is -2.20. The van der Waals surface area contributed by atoms with Gasteiger partial charge in [0.05, 0.1) is 5.92 Å². The SMILES string of the molecule is Cc1ccc(NC(C)C(C)C(=O)O)c(C)c1. The third-order valence-corrected chi connectivity index (χ3v) is 2.90. The minimum Gasteiger partial charge on any atom is -0.481 e. The maximum Gasteiger partial charge on any atom is 0.308 e. The Hall–Kier alpha value is -1.51. The van der Waals surface area contributed by atoms with Crippen molar-refractivity contribution in [3.8, 4) is 0 Å². The molecule has 0 saturated carbocycles. The van der Waals surface area contributed by atoms with Gasteiger partial charge in [-0.1, -0.05) is 17.7 Å². The summed E-state index contributed by atoms with van der Waals surface area (Å²) in [6.07, 6.45) is 0. The average Bonchev–Trinajstić information content (AvgIpc) is 2.20. The summed E-state index contributed by atoms with van der Waals surface area (Å²) in [5, 5.41) is 12.1. The van der Waals surface area contributed by atoms with Crippen LogP contribution in [0.2, 0.25) is 0 Å². The molecule has 0 bridgehead atoms. The molecule has 0 spiro atoms. The van der Waals surface area contributed by atoms with Crippen LogP contribution in [0.15, 0.2) is 18.2 Å². The summed E-state index contributed by atoms with van der Waals surface area (Å²) in [6.45, 7) is 7.66. The van der Waals surface area contributed by atoms with E-state index in [9.17, 15) is 4.79 Å². The Bertz CT molecular complexity index is 388. The highest BCUT2D eigenvalue weighted by Gasteiger charge is 2.19. The second-order valence-corrected chi connectivity index (χ2v) is 4.38. The molecule has 0 saturated heterocycles. The predicted molar refractivity (Wildman–Crippen MR) is 65.8 cm³/mol. The fourth-order valence-electron chi connectivity index (χ4n) is 1.56. The number of carboxylic acids is 1. The highest BCUT2D eigenvalue weighted by molar-refractivity contribution is 5.71. The molecule has 3 nitrogen and oxygen atoms in total. The molecule has 88 valence electrons. The van der Waals surface area contributed by atoms with Crippen molar-refractivity contribution in [2.75, 3.05) is 5.32 Å². The van der Waals surface area contributed by atoms with Gasteiger partial charge in [0.1, 0.15) is 0 Å². The number of aliphatic carboxylic acids is 1. The van der Waals surface area contributed by atoms with Crippen LogP contribution >= 0.6 is 0 Å². The number of hydrogen-bond donors (Lipinski definition) is 2. The zero-order valence-electron chi connectivity index (χ0n) is 10.2. The number of carbonyl (C=O) groups is 1. The van der Waals surface area contributed by atoms with Crippen molar-refractivity contribution < 1.29 is 9.90 Å². The summed E-state index contributed by atoms with van der Waals surface area (Å²) in [5.41, 5.74) is 3.36. The standard InChI is InChI=1S/C13H19NO2/c1-8-5-6-12(9(2)7-8)14-11(4)10(3)13(15)16/h5-7,10-11,14H,1-4H3,(H,15,16). The summed E-state index contributed by atoms with van der Waals surface area (Å²) < 4.78 is 0. The molecule has 16 heavy (non-hydrogen) atoms. The van der Waals surface area contributed by atoms with Crippen LogP contribution in [0, 0.1) is 19.8 Å². The van der Waals surface area contributed by atoms with Crippen LogP contribution in [0.4, 0.5) is 5.69 Å². The van der Waals surface area contributed by atoms with E-state index in [-0.39, 0.29) is 6.04 Å². The first kappa shape index (κ1) is 12.6. The molecule has 0 aliphatic carbocycles. The molecule has 0 aliphatic heterocycles. The average molecular weight is 221 g/mol. The maximum atomic E-state index is 10.8. The molecule has 1 rings (SSSR count). The second-order valence-electron chi connectivity index (χ2n) is 4.38. The van der Waals surface area contributed by atoms with Crippen molar-refractivity contribution in [2.24, 2.45) is 5.92 Å². The topological polar surface area (TPSA) is 49.3 Å². The molecule has 0 aliphatic rings. The number of benzene rings is 1. The molecule has 2 atom stereocenters. The minimum atomic E-state index is -0.773. The zero-order valence-corrected chi connectivity index (χ0v) is 10.2. The normalized spacial score (nSPS) is 14.2. The van der Waals surface area contributed by atoms with Crippen LogP contribution in [-0.4, -0.2) is 17.1 Å². The highest BCUT2D eigenvalue weighted by atomic mass is 16.4. The van der Waals surface area contributed by atoms with Crippen LogP contribution in [0.3, 0.4) is 0 Å². The molecule has 1 aromatic carbocycles. The smallest absolute Gasteiger partial charge is 0.308 e. The number of rotatable bonds is 4. The lowest BCUT2D eigenvalue weighted by molar-refractivity contribution is -0.141. The van der Waals surface area contributed by atoms with E-state index in [1.165, 1.54) is 5.56 Å². The number of carboxylic acid groups (broad SMARTS) is 1. The summed E-state index contributed by atoms with van der Waals surface area (Å²) in [5.74, 6) is -1.18. The van der Waals surface area contributed by atoms with Crippen LogP contribution in [0.1, 0.15) is 25.0 Å². The molecule has 1 aromatic rings. The summed E-state index contributed by atoms with van der Waals surface area (Å²) in [7, 11) is 0. The number of aryl methyl sites for hydroxylation is 2. The fraction of sp³-hybridized carbons (Fsp3) is 0.462. The first-order valence-corrected chi connectivity index (χ1v) is 5.48. The largest absolute Gasteiger partial charge is 0.481 e. The van der Waals surface area contributed by atoms with Gasteiger partial charge in [-0.05, 0) is 39.3 Å². The van der Waals surface area contributed by atoms with Gasteiger partial charge in [-0.25, -0.2) is 0 Å². The van der Waals surface area contributed by atoms with Gasteiger partial charge in [0.25, 0.3) is 0 Å². The Balaban J connectivity index is 2.77. The summed E-state index contributed by atoms with van der Waals surface area (Å²) in [6, 6.07) is 6.02. The molecule has 2 N–H and O–H groups in total. The van der Waals surface area contributed by atoms with Gasteiger partial charge < -0.3 is 10.4 Å². The summed E-state index contributed by atoms with van der Waals surface area (Å²) in [4.78, 5) is 10.8. The van der Waals surface area contributed by atoms with E-state index < -0.39 is 11.9 Å². The number of nitrogens with one attached hydrogen (secondary N) is 1. The minimum absolute atomic E-state index is 0.0843. The van der Waals surface area contributed by atoms with Crippen molar-refractivity contribution in [2.45, 2.75) is 33.7 Å². The molecular weight excluding hydrogens is 202 g/mol. The van der Waals surface area contributed by atoms with Crippen LogP contribution in [-0.2, 0) is 4.79 Å². The van der Waals surface area contributed by atoms with E-state index in [0.29, 0.717) is 0 Å². The Labute approximate surface area is 96.5 Å². The zero-order chi connectivity index (χ0) is 12.3. The molecule has 3 heteroatoms. The molecule has 0 amide bonds. The predicted octanol–water partition coefficient (Wildman–Crippen LogP) is 2.82. The molecule has 0 radical (unpaired) electrons. The number of hydrogen-bond acceptors (Lipinski definition) is 2. The number of anilines is 1. The Morgan fingerprint density at radius 3 is 2.44 bits per heavy atom. The lowest BCUT2D eigenvalue weighted by Crippen LogP contribution is -2.29. The van der Waals surface area contributed by atoms with E-state index in [2.05, 4.69) is 11.4 Å². The molecule has 2 unspecified atom stereocenters. The van der Waals surface area contributed by atoms with Crippen molar-refractivity contribution in [1.29, 1.82) is 0 Å². The molecule has 0 aromatic heterocycles.